The summed E-state index contributed by atoms with van der Waals surface area (Å²) in [5.74, 6) is -1.38. The zero-order chi connectivity index (χ0) is 19.3. The van der Waals surface area contributed by atoms with Crippen molar-refractivity contribution in [2.75, 3.05) is 12.0 Å². The first-order valence-corrected chi connectivity index (χ1v) is 7.88. The van der Waals surface area contributed by atoms with E-state index in [1.54, 1.807) is 0 Å². The Hall–Kier alpha value is -2.45. The van der Waals surface area contributed by atoms with Gasteiger partial charge in [0.25, 0.3) is 11.8 Å². The summed E-state index contributed by atoms with van der Waals surface area (Å²) >= 11 is 11.6. The molecule has 0 aliphatic heterocycles. The molecule has 2 aromatic carbocycles. The summed E-state index contributed by atoms with van der Waals surface area (Å²) in [6.45, 7) is -0.473. The molecule has 0 aromatic heterocycles. The van der Waals surface area contributed by atoms with E-state index in [1.165, 1.54) is 30.3 Å². The zero-order valence-corrected chi connectivity index (χ0v) is 14.5. The van der Waals surface area contributed by atoms with Gasteiger partial charge in [0.15, 0.2) is 0 Å². The van der Waals surface area contributed by atoms with Gasteiger partial charge in [-0.2, -0.15) is 13.2 Å². The Morgan fingerprint density at radius 2 is 1.73 bits per heavy atom. The Kier molecular flexibility index (Phi) is 6.33. The van der Waals surface area contributed by atoms with Crippen LogP contribution < -0.4 is 16.2 Å². The molecule has 10 heteroatoms. The smallest absolute Gasteiger partial charge is 0.343 e. The molecule has 0 unspecified atom stereocenters. The van der Waals surface area contributed by atoms with Gasteiger partial charge in [-0.3, -0.25) is 20.4 Å². The Labute approximate surface area is 156 Å². The molecule has 2 aromatic rings. The third-order valence-electron chi connectivity index (χ3n) is 3.15. The number of halogens is 5. The highest BCUT2D eigenvalue weighted by atomic mass is 35.5. The monoisotopic (exact) mass is 405 g/mol. The molecule has 0 atom stereocenters. The maximum Gasteiger partial charge on any atom is 0.418 e. The summed E-state index contributed by atoms with van der Waals surface area (Å²) in [6, 6.07) is 8.86. The largest absolute Gasteiger partial charge is 0.418 e. The Balaban J connectivity index is 1.91. The van der Waals surface area contributed by atoms with E-state index in [9.17, 15) is 22.8 Å². The van der Waals surface area contributed by atoms with E-state index in [0.717, 1.165) is 12.1 Å². The number of anilines is 1. The van der Waals surface area contributed by atoms with E-state index < -0.39 is 30.1 Å². The fourth-order valence-corrected chi connectivity index (χ4v) is 2.44. The summed E-state index contributed by atoms with van der Waals surface area (Å²) in [5.41, 5.74) is 3.13. The lowest BCUT2D eigenvalue weighted by atomic mass is 10.2. The number of nitrogens with one attached hydrogen (secondary N) is 3. The molecule has 0 aliphatic rings. The summed E-state index contributed by atoms with van der Waals surface area (Å²) in [7, 11) is 0. The molecule has 0 saturated heterocycles. The summed E-state index contributed by atoms with van der Waals surface area (Å²) < 4.78 is 38.5. The molecular weight excluding hydrogens is 394 g/mol. The van der Waals surface area contributed by atoms with Crippen LogP contribution >= 0.6 is 23.2 Å². The molecule has 0 heterocycles. The lowest BCUT2D eigenvalue weighted by molar-refractivity contribution is -0.137. The minimum absolute atomic E-state index is 0.104. The SMILES string of the molecule is O=C(CNC(=O)c1ccc(Cl)cc1Cl)NNc1ccccc1C(F)(F)F. The van der Waals surface area contributed by atoms with Crippen LogP contribution in [0, 0.1) is 0 Å². The standard InChI is InChI=1S/C16H12Cl2F3N3O2/c17-9-5-6-10(12(18)7-9)15(26)22-8-14(25)24-23-13-4-2-1-3-11(13)16(19,20)21/h1-7,23H,8H2,(H,22,26)(H,24,25). The van der Waals surface area contributed by atoms with Crippen LogP contribution in [0.2, 0.25) is 10.0 Å². The van der Waals surface area contributed by atoms with Crippen LogP contribution in [0.15, 0.2) is 42.5 Å². The van der Waals surface area contributed by atoms with E-state index in [0.29, 0.717) is 5.02 Å². The van der Waals surface area contributed by atoms with Gasteiger partial charge in [-0.05, 0) is 30.3 Å². The van der Waals surface area contributed by atoms with Crippen molar-refractivity contribution in [2.24, 2.45) is 0 Å². The van der Waals surface area contributed by atoms with Gasteiger partial charge in [-0.1, -0.05) is 35.3 Å². The van der Waals surface area contributed by atoms with Crippen LogP contribution in [0.3, 0.4) is 0 Å². The fraction of sp³-hybridized carbons (Fsp3) is 0.125. The lowest BCUT2D eigenvalue weighted by Gasteiger charge is -2.15. The first-order chi connectivity index (χ1) is 12.2. The number of carbonyl (C=O) groups is 2. The number of amides is 2. The molecule has 0 spiro atoms. The summed E-state index contributed by atoms with van der Waals surface area (Å²) in [4.78, 5) is 23.7. The van der Waals surface area contributed by atoms with Crippen molar-refractivity contribution >= 4 is 40.7 Å². The Bertz CT molecular complexity index is 829. The maximum absolute atomic E-state index is 12.8. The van der Waals surface area contributed by atoms with Crippen LogP contribution in [0.5, 0.6) is 0 Å². The van der Waals surface area contributed by atoms with Gasteiger partial charge in [0.1, 0.15) is 0 Å². The van der Waals surface area contributed by atoms with Crippen molar-refractivity contribution in [3.63, 3.8) is 0 Å². The second-order valence-electron chi connectivity index (χ2n) is 5.02. The van der Waals surface area contributed by atoms with Crippen molar-refractivity contribution < 1.29 is 22.8 Å². The van der Waals surface area contributed by atoms with Crippen molar-refractivity contribution in [3.05, 3.63) is 63.6 Å². The minimum atomic E-state index is -4.58. The third-order valence-corrected chi connectivity index (χ3v) is 3.70. The van der Waals surface area contributed by atoms with Crippen LogP contribution in [-0.2, 0) is 11.0 Å². The third kappa shape index (κ3) is 5.27. The molecule has 138 valence electrons. The molecule has 0 aliphatic carbocycles. The minimum Gasteiger partial charge on any atom is -0.343 e. The number of alkyl halides is 3. The summed E-state index contributed by atoms with van der Waals surface area (Å²) in [6.07, 6.45) is -4.58. The molecular formula is C16H12Cl2F3N3O2. The topological polar surface area (TPSA) is 70.2 Å². The number of hydrazine groups is 1. The quantitative estimate of drug-likeness (QED) is 0.661. The molecule has 5 nitrogen and oxygen atoms in total. The van der Waals surface area contributed by atoms with Gasteiger partial charge in [0.2, 0.25) is 0 Å². The highest BCUT2D eigenvalue weighted by molar-refractivity contribution is 6.36. The van der Waals surface area contributed by atoms with Gasteiger partial charge in [0, 0.05) is 5.02 Å². The zero-order valence-electron chi connectivity index (χ0n) is 13.0. The number of hydrogen-bond donors (Lipinski definition) is 3. The molecule has 26 heavy (non-hydrogen) atoms. The van der Waals surface area contributed by atoms with E-state index >= 15 is 0 Å². The number of benzene rings is 2. The Morgan fingerprint density at radius 3 is 2.38 bits per heavy atom. The number of carbonyl (C=O) groups excluding carboxylic acids is 2. The number of hydrogen-bond acceptors (Lipinski definition) is 3. The van der Waals surface area contributed by atoms with Crippen molar-refractivity contribution in [1.29, 1.82) is 0 Å². The normalized spacial score (nSPS) is 11.0. The average molecular weight is 406 g/mol. The predicted molar refractivity (Wildman–Crippen MR) is 92.0 cm³/mol. The molecule has 2 amide bonds. The van der Waals surface area contributed by atoms with Crippen molar-refractivity contribution in [2.45, 2.75) is 6.18 Å². The Morgan fingerprint density at radius 1 is 1.04 bits per heavy atom. The van der Waals surface area contributed by atoms with Crippen LogP contribution in [-0.4, -0.2) is 18.4 Å². The average Bonchev–Trinajstić information content (AvgIpc) is 2.57. The second kappa shape index (κ2) is 8.29. The van der Waals surface area contributed by atoms with Gasteiger partial charge in [0.05, 0.1) is 28.4 Å². The molecule has 0 fully saturated rings. The highest BCUT2D eigenvalue weighted by Crippen LogP contribution is 2.34. The van der Waals surface area contributed by atoms with Gasteiger partial charge < -0.3 is 5.32 Å². The predicted octanol–water partition coefficient (Wildman–Crippen LogP) is 3.89. The molecule has 3 N–H and O–H groups in total. The fourth-order valence-electron chi connectivity index (χ4n) is 1.95. The molecule has 0 saturated carbocycles. The highest BCUT2D eigenvalue weighted by Gasteiger charge is 2.33. The van der Waals surface area contributed by atoms with E-state index in [-0.39, 0.29) is 16.3 Å². The van der Waals surface area contributed by atoms with Gasteiger partial charge in [-0.25, -0.2) is 0 Å². The van der Waals surface area contributed by atoms with Crippen molar-refractivity contribution in [3.8, 4) is 0 Å². The molecule has 0 radical (unpaired) electrons. The lowest BCUT2D eigenvalue weighted by Crippen LogP contribution is -2.39. The van der Waals surface area contributed by atoms with Crippen LogP contribution in [0.25, 0.3) is 0 Å². The van der Waals surface area contributed by atoms with Crippen LogP contribution in [0.1, 0.15) is 15.9 Å². The first kappa shape index (κ1) is 19.9. The van der Waals surface area contributed by atoms with Gasteiger partial charge in [-0.15, -0.1) is 0 Å². The number of para-hydroxylation sites is 1. The molecule has 2 rings (SSSR count). The van der Waals surface area contributed by atoms with Gasteiger partial charge >= 0.3 is 6.18 Å². The van der Waals surface area contributed by atoms with Crippen LogP contribution in [0.4, 0.5) is 18.9 Å². The summed E-state index contributed by atoms with van der Waals surface area (Å²) in [5, 5.41) is 2.75. The number of rotatable bonds is 5. The van der Waals surface area contributed by atoms with E-state index in [1.807, 2.05) is 0 Å². The maximum atomic E-state index is 12.8. The first-order valence-electron chi connectivity index (χ1n) is 7.13. The van der Waals surface area contributed by atoms with E-state index in [2.05, 4.69) is 16.2 Å². The van der Waals surface area contributed by atoms with Crippen molar-refractivity contribution in [1.82, 2.24) is 10.7 Å². The second-order valence-corrected chi connectivity index (χ2v) is 5.87. The molecule has 0 bridgehead atoms. The van der Waals surface area contributed by atoms with E-state index in [4.69, 9.17) is 23.2 Å².